The van der Waals surface area contributed by atoms with Crippen LogP contribution in [0.5, 0.6) is 5.75 Å². The van der Waals surface area contributed by atoms with Crippen LogP contribution in [0.4, 0.5) is 14.5 Å². The first-order valence-corrected chi connectivity index (χ1v) is 11.5. The Balaban J connectivity index is 1.99. The smallest absolute Gasteiger partial charge is 0.265 e. The lowest BCUT2D eigenvalue weighted by Crippen LogP contribution is -2.16. The molecule has 0 aliphatic rings. The van der Waals surface area contributed by atoms with Crippen molar-refractivity contribution in [1.82, 2.24) is 4.57 Å². The molecule has 1 amide bonds. The normalized spacial score (nSPS) is 11.5. The number of amides is 1. The summed E-state index contributed by atoms with van der Waals surface area (Å²) in [4.78, 5) is 12.2. The van der Waals surface area contributed by atoms with Gasteiger partial charge in [0.15, 0.2) is 0 Å². The number of benzene rings is 3. The topological polar surface area (TPSA) is 103 Å². The molecule has 4 aromatic rings. The first-order valence-electron chi connectivity index (χ1n) is 9.64. The lowest BCUT2D eigenvalue weighted by atomic mass is 10.0. The van der Waals surface area contributed by atoms with Crippen molar-refractivity contribution in [2.24, 2.45) is 5.73 Å². The Labute approximate surface area is 188 Å². The molecule has 0 radical (unpaired) electrons. The van der Waals surface area contributed by atoms with Gasteiger partial charge in [-0.05, 0) is 48.0 Å². The van der Waals surface area contributed by atoms with Crippen LogP contribution < -0.4 is 15.2 Å². The van der Waals surface area contributed by atoms with Crippen LogP contribution in [0.25, 0.3) is 27.7 Å². The average molecular weight is 471 g/mol. The third kappa shape index (κ3) is 4.51. The summed E-state index contributed by atoms with van der Waals surface area (Å²) in [5, 5.41) is 0.625. The number of ether oxygens (including phenoxy) is 1. The van der Waals surface area contributed by atoms with Gasteiger partial charge in [0.05, 0.1) is 30.3 Å². The summed E-state index contributed by atoms with van der Waals surface area (Å²) in [6.07, 6.45) is 1.02. The number of anilines is 1. The Bertz CT molecular complexity index is 1510. The highest BCUT2D eigenvalue weighted by Gasteiger charge is 2.18. The number of fused-ring (bicyclic) bond motifs is 1. The number of halogens is 2. The summed E-state index contributed by atoms with van der Waals surface area (Å²) >= 11 is 0. The van der Waals surface area contributed by atoms with Gasteiger partial charge in [0, 0.05) is 23.1 Å². The Kier molecular flexibility index (Phi) is 5.54. The van der Waals surface area contributed by atoms with E-state index in [1.165, 1.54) is 17.7 Å². The predicted molar refractivity (Wildman–Crippen MR) is 122 cm³/mol. The van der Waals surface area contributed by atoms with E-state index in [4.69, 9.17) is 10.5 Å². The van der Waals surface area contributed by atoms with E-state index in [1.54, 1.807) is 42.5 Å². The van der Waals surface area contributed by atoms with E-state index in [1.807, 2.05) is 0 Å². The maximum atomic E-state index is 14.5. The summed E-state index contributed by atoms with van der Waals surface area (Å²) in [5.41, 5.74) is 7.43. The van der Waals surface area contributed by atoms with E-state index in [0.717, 1.165) is 18.4 Å². The molecule has 4 rings (SSSR count). The Morgan fingerprint density at radius 1 is 1.03 bits per heavy atom. The first-order chi connectivity index (χ1) is 15.6. The van der Waals surface area contributed by atoms with Crippen LogP contribution in [-0.2, 0) is 10.0 Å². The van der Waals surface area contributed by atoms with E-state index in [-0.39, 0.29) is 16.9 Å². The quantitative estimate of drug-likeness (QED) is 0.443. The van der Waals surface area contributed by atoms with Gasteiger partial charge < -0.3 is 15.0 Å². The van der Waals surface area contributed by atoms with Crippen molar-refractivity contribution < 1.29 is 26.7 Å². The maximum Gasteiger partial charge on any atom is 0.265 e. The second-order valence-corrected chi connectivity index (χ2v) is 9.17. The van der Waals surface area contributed by atoms with Crippen molar-refractivity contribution in [2.45, 2.75) is 0 Å². The van der Waals surface area contributed by atoms with Gasteiger partial charge in [0.1, 0.15) is 23.1 Å². The summed E-state index contributed by atoms with van der Waals surface area (Å²) in [6, 6.07) is 14.3. The minimum absolute atomic E-state index is 0.125. The maximum absolute atomic E-state index is 14.5. The number of rotatable bonds is 6. The third-order valence-electron chi connectivity index (χ3n) is 4.99. The number of hydrogen-bond acceptors (Lipinski definition) is 4. The van der Waals surface area contributed by atoms with E-state index in [9.17, 15) is 22.0 Å². The molecule has 0 unspecified atom stereocenters. The minimum atomic E-state index is -3.54. The van der Waals surface area contributed by atoms with Gasteiger partial charge in [-0.3, -0.25) is 9.52 Å². The molecular weight excluding hydrogens is 452 g/mol. The van der Waals surface area contributed by atoms with Crippen LogP contribution in [-0.4, -0.2) is 32.3 Å². The lowest BCUT2D eigenvalue weighted by molar-refractivity contribution is 0.0994. The number of primary amides is 1. The standard InChI is InChI=1S/C23H19F2N3O4S/c1-32-18-8-14(19-6-4-15(24)10-20(19)25)7-17(12-18)28-21-11-16(27-33(2,30)31)5-3-13(21)9-22(28)23(26)29/h3-12,27H,1-2H3,(H2,26,29). The van der Waals surface area contributed by atoms with E-state index in [0.29, 0.717) is 27.9 Å². The van der Waals surface area contributed by atoms with Crippen molar-refractivity contribution in [3.05, 3.63) is 78.0 Å². The molecule has 0 spiro atoms. The van der Waals surface area contributed by atoms with Gasteiger partial charge in [-0.15, -0.1) is 0 Å². The number of sulfonamides is 1. The van der Waals surface area contributed by atoms with Gasteiger partial charge in [-0.25, -0.2) is 17.2 Å². The molecule has 1 heterocycles. The number of nitrogens with two attached hydrogens (primary N) is 1. The number of carbonyl (C=O) groups is 1. The number of hydrogen-bond donors (Lipinski definition) is 2. The molecule has 3 N–H and O–H groups in total. The van der Waals surface area contributed by atoms with Crippen LogP contribution >= 0.6 is 0 Å². The van der Waals surface area contributed by atoms with Gasteiger partial charge in [-0.1, -0.05) is 6.07 Å². The molecule has 33 heavy (non-hydrogen) atoms. The summed E-state index contributed by atoms with van der Waals surface area (Å²) in [5.74, 6) is -1.84. The number of carbonyl (C=O) groups excluding carboxylic acids is 1. The fraction of sp³-hybridized carbons (Fsp3) is 0.0870. The second-order valence-electron chi connectivity index (χ2n) is 7.42. The van der Waals surface area contributed by atoms with Crippen LogP contribution in [0.1, 0.15) is 10.5 Å². The lowest BCUT2D eigenvalue weighted by Gasteiger charge is -2.14. The van der Waals surface area contributed by atoms with Crippen molar-refractivity contribution in [1.29, 1.82) is 0 Å². The fourth-order valence-corrected chi connectivity index (χ4v) is 4.20. The zero-order valence-corrected chi connectivity index (χ0v) is 18.4. The van der Waals surface area contributed by atoms with Gasteiger partial charge in [0.2, 0.25) is 10.0 Å². The van der Waals surface area contributed by atoms with E-state index < -0.39 is 27.6 Å². The predicted octanol–water partition coefficient (Wildman–Crippen LogP) is 4.05. The molecule has 170 valence electrons. The average Bonchev–Trinajstić information content (AvgIpc) is 3.11. The monoisotopic (exact) mass is 471 g/mol. The fourth-order valence-electron chi connectivity index (χ4n) is 3.65. The molecule has 0 saturated carbocycles. The minimum Gasteiger partial charge on any atom is -0.497 e. The zero-order chi connectivity index (χ0) is 23.9. The van der Waals surface area contributed by atoms with Crippen molar-refractivity contribution in [3.63, 3.8) is 0 Å². The number of nitrogens with zero attached hydrogens (tertiary/aromatic N) is 1. The molecule has 0 atom stereocenters. The second kappa shape index (κ2) is 8.21. The van der Waals surface area contributed by atoms with Gasteiger partial charge in [-0.2, -0.15) is 0 Å². The molecule has 0 fully saturated rings. The molecule has 7 nitrogen and oxygen atoms in total. The number of nitrogens with one attached hydrogen (secondary N) is 1. The highest BCUT2D eigenvalue weighted by atomic mass is 32.2. The summed E-state index contributed by atoms with van der Waals surface area (Å²) < 4.78 is 60.5. The summed E-state index contributed by atoms with van der Waals surface area (Å²) in [7, 11) is -2.11. The number of methoxy groups -OCH3 is 1. The van der Waals surface area contributed by atoms with Crippen molar-refractivity contribution >= 4 is 32.5 Å². The highest BCUT2D eigenvalue weighted by Crippen LogP contribution is 2.33. The Morgan fingerprint density at radius 2 is 1.79 bits per heavy atom. The molecular formula is C23H19F2N3O4S. The van der Waals surface area contributed by atoms with Gasteiger partial charge in [0.25, 0.3) is 5.91 Å². The molecule has 3 aromatic carbocycles. The largest absolute Gasteiger partial charge is 0.497 e. The van der Waals surface area contributed by atoms with E-state index >= 15 is 0 Å². The number of aromatic nitrogens is 1. The van der Waals surface area contributed by atoms with Crippen molar-refractivity contribution in [3.8, 4) is 22.6 Å². The van der Waals surface area contributed by atoms with Crippen LogP contribution in [0, 0.1) is 11.6 Å². The molecule has 0 aliphatic carbocycles. The SMILES string of the molecule is COc1cc(-c2ccc(F)cc2F)cc(-n2c(C(N)=O)cc3ccc(NS(C)(=O)=O)cc32)c1. The van der Waals surface area contributed by atoms with Crippen LogP contribution in [0.15, 0.2) is 60.7 Å². The van der Waals surface area contributed by atoms with Crippen LogP contribution in [0.3, 0.4) is 0 Å². The molecule has 1 aromatic heterocycles. The molecule has 0 aliphatic heterocycles. The molecule has 10 heteroatoms. The van der Waals surface area contributed by atoms with Crippen molar-refractivity contribution in [2.75, 3.05) is 18.1 Å². The third-order valence-corrected chi connectivity index (χ3v) is 5.59. The van der Waals surface area contributed by atoms with E-state index in [2.05, 4.69) is 4.72 Å². The first kappa shape index (κ1) is 22.3. The molecule has 0 saturated heterocycles. The highest BCUT2D eigenvalue weighted by molar-refractivity contribution is 7.92. The zero-order valence-electron chi connectivity index (χ0n) is 17.6. The molecule has 0 bridgehead atoms. The Morgan fingerprint density at radius 3 is 2.42 bits per heavy atom. The van der Waals surface area contributed by atoms with Crippen LogP contribution in [0.2, 0.25) is 0 Å². The van der Waals surface area contributed by atoms with Gasteiger partial charge >= 0.3 is 0 Å². The summed E-state index contributed by atoms with van der Waals surface area (Å²) in [6.45, 7) is 0. The Hall–Kier alpha value is -3.92.